The van der Waals surface area contributed by atoms with E-state index in [-0.39, 0.29) is 5.79 Å². The molecule has 0 radical (unpaired) electrons. The van der Waals surface area contributed by atoms with Crippen LogP contribution in [0.25, 0.3) is 0 Å². The Bertz CT molecular complexity index is 150. The molecule has 0 bridgehead atoms. The second kappa shape index (κ2) is 5.72. The van der Waals surface area contributed by atoms with E-state index in [1.807, 2.05) is 13.8 Å². The van der Waals surface area contributed by atoms with Crippen LogP contribution in [0.3, 0.4) is 0 Å². The van der Waals surface area contributed by atoms with E-state index in [1.54, 1.807) is 0 Å². The van der Waals surface area contributed by atoms with E-state index in [0.29, 0.717) is 5.92 Å². The fraction of sp³-hybridized carbons (Fsp3) is 1.00. The van der Waals surface area contributed by atoms with Crippen molar-refractivity contribution in [1.82, 2.24) is 0 Å². The number of ether oxygens (including phenoxy) is 2. The van der Waals surface area contributed by atoms with Crippen molar-refractivity contribution in [1.29, 1.82) is 0 Å². The zero-order valence-corrected chi connectivity index (χ0v) is 9.84. The Hall–Kier alpha value is -0.0800. The average molecular weight is 200 g/mol. The van der Waals surface area contributed by atoms with E-state index in [1.165, 1.54) is 25.7 Å². The first-order valence-corrected chi connectivity index (χ1v) is 6.15. The lowest BCUT2D eigenvalue weighted by Crippen LogP contribution is -2.41. The highest BCUT2D eigenvalue weighted by atomic mass is 16.7. The molecule has 0 amide bonds. The lowest BCUT2D eigenvalue weighted by atomic mass is 9.81. The molecule has 1 aliphatic carbocycles. The first-order valence-electron chi connectivity index (χ1n) is 6.15. The monoisotopic (exact) mass is 200 g/mol. The number of rotatable bonds is 1. The zero-order valence-electron chi connectivity index (χ0n) is 9.84. The lowest BCUT2D eigenvalue weighted by molar-refractivity contribution is -0.212. The summed E-state index contributed by atoms with van der Waals surface area (Å²) >= 11 is 0. The maximum atomic E-state index is 5.76. The highest BCUT2D eigenvalue weighted by molar-refractivity contribution is 4.85. The topological polar surface area (TPSA) is 18.5 Å². The van der Waals surface area contributed by atoms with E-state index in [2.05, 4.69) is 6.92 Å². The predicted octanol–water partition coefficient (Wildman–Crippen LogP) is 3.36. The van der Waals surface area contributed by atoms with Crippen molar-refractivity contribution < 1.29 is 9.47 Å². The van der Waals surface area contributed by atoms with Crippen LogP contribution in [0.1, 0.15) is 52.9 Å². The Labute approximate surface area is 88.0 Å². The third-order valence-corrected chi connectivity index (χ3v) is 3.22. The molecule has 1 aliphatic heterocycles. The molecule has 1 atom stereocenters. The van der Waals surface area contributed by atoms with Crippen LogP contribution in [0.2, 0.25) is 0 Å². The first-order chi connectivity index (χ1) is 6.87. The highest BCUT2D eigenvalue weighted by Crippen LogP contribution is 2.41. The van der Waals surface area contributed by atoms with Crippen molar-refractivity contribution in [3.63, 3.8) is 0 Å². The van der Waals surface area contributed by atoms with Crippen LogP contribution in [0.4, 0.5) is 0 Å². The standard InChI is InChI=1S/C10H18O2.C2H6/c1-2-9-5-3-4-6-10(9)11-7-8-12-10;1-2/h9H,2-8H2,1H3;1-2H3. The van der Waals surface area contributed by atoms with E-state index in [0.717, 1.165) is 19.6 Å². The average Bonchev–Trinajstić information content (AvgIpc) is 2.71. The summed E-state index contributed by atoms with van der Waals surface area (Å²) in [6.07, 6.45) is 6.23. The van der Waals surface area contributed by atoms with Gasteiger partial charge in [0.25, 0.3) is 0 Å². The fourth-order valence-corrected chi connectivity index (χ4v) is 2.55. The molecule has 0 N–H and O–H groups in total. The van der Waals surface area contributed by atoms with Gasteiger partial charge >= 0.3 is 0 Å². The van der Waals surface area contributed by atoms with Gasteiger partial charge in [0.2, 0.25) is 0 Å². The summed E-state index contributed by atoms with van der Waals surface area (Å²) in [7, 11) is 0. The van der Waals surface area contributed by atoms with Gasteiger partial charge in [0.1, 0.15) is 0 Å². The smallest absolute Gasteiger partial charge is 0.171 e. The van der Waals surface area contributed by atoms with Crippen molar-refractivity contribution in [2.45, 2.75) is 58.7 Å². The Balaban J connectivity index is 0.000000461. The molecule has 14 heavy (non-hydrogen) atoms. The second-order valence-corrected chi connectivity index (χ2v) is 3.86. The van der Waals surface area contributed by atoms with Crippen molar-refractivity contribution >= 4 is 0 Å². The molecule has 0 aromatic heterocycles. The van der Waals surface area contributed by atoms with Gasteiger partial charge in [-0.05, 0) is 19.3 Å². The van der Waals surface area contributed by atoms with Gasteiger partial charge in [-0.1, -0.05) is 27.2 Å². The molecule has 2 aliphatic rings. The summed E-state index contributed by atoms with van der Waals surface area (Å²) in [6.45, 7) is 7.84. The van der Waals surface area contributed by atoms with Crippen LogP contribution >= 0.6 is 0 Å². The second-order valence-electron chi connectivity index (χ2n) is 3.86. The third-order valence-electron chi connectivity index (χ3n) is 3.22. The molecule has 84 valence electrons. The van der Waals surface area contributed by atoms with Gasteiger partial charge in [0.15, 0.2) is 5.79 Å². The van der Waals surface area contributed by atoms with Gasteiger partial charge in [-0.15, -0.1) is 0 Å². The Morgan fingerprint density at radius 2 is 1.79 bits per heavy atom. The van der Waals surface area contributed by atoms with Crippen LogP contribution in [0, 0.1) is 5.92 Å². The van der Waals surface area contributed by atoms with Crippen molar-refractivity contribution in [2.75, 3.05) is 13.2 Å². The van der Waals surface area contributed by atoms with E-state index in [4.69, 9.17) is 9.47 Å². The number of hydrogen-bond acceptors (Lipinski definition) is 2. The summed E-state index contributed by atoms with van der Waals surface area (Å²) in [5, 5.41) is 0. The Morgan fingerprint density at radius 1 is 1.14 bits per heavy atom. The predicted molar refractivity (Wildman–Crippen MR) is 58.2 cm³/mol. The van der Waals surface area contributed by atoms with E-state index < -0.39 is 0 Å². The van der Waals surface area contributed by atoms with Crippen LogP contribution in [0.15, 0.2) is 0 Å². The number of hydrogen-bond donors (Lipinski definition) is 0. The van der Waals surface area contributed by atoms with Gasteiger partial charge in [-0.3, -0.25) is 0 Å². The molecule has 1 saturated heterocycles. The van der Waals surface area contributed by atoms with Crippen LogP contribution < -0.4 is 0 Å². The van der Waals surface area contributed by atoms with Gasteiger partial charge in [0, 0.05) is 12.3 Å². The van der Waals surface area contributed by atoms with Gasteiger partial charge in [0.05, 0.1) is 13.2 Å². The maximum absolute atomic E-state index is 5.76. The third kappa shape index (κ3) is 2.29. The van der Waals surface area contributed by atoms with Crippen molar-refractivity contribution in [2.24, 2.45) is 5.92 Å². The summed E-state index contributed by atoms with van der Waals surface area (Å²) in [5.74, 6) is 0.487. The Kier molecular flexibility index (Phi) is 4.90. The first kappa shape index (κ1) is 12.0. The van der Waals surface area contributed by atoms with Crippen molar-refractivity contribution in [3.05, 3.63) is 0 Å². The maximum Gasteiger partial charge on any atom is 0.171 e. The normalized spacial score (nSPS) is 29.8. The summed E-state index contributed by atoms with van der Waals surface area (Å²) < 4.78 is 11.5. The molecule has 1 saturated carbocycles. The highest BCUT2D eigenvalue weighted by Gasteiger charge is 2.44. The minimum Gasteiger partial charge on any atom is -0.347 e. The zero-order chi connectivity index (χ0) is 10.4. The van der Waals surface area contributed by atoms with Crippen LogP contribution in [-0.4, -0.2) is 19.0 Å². The lowest BCUT2D eigenvalue weighted by Gasteiger charge is -2.38. The largest absolute Gasteiger partial charge is 0.347 e. The summed E-state index contributed by atoms with van der Waals surface area (Å²) in [4.78, 5) is 0. The van der Waals surface area contributed by atoms with Gasteiger partial charge < -0.3 is 9.47 Å². The molecule has 1 heterocycles. The summed E-state index contributed by atoms with van der Waals surface area (Å²) in [6, 6.07) is 0. The van der Waals surface area contributed by atoms with Crippen LogP contribution in [0.5, 0.6) is 0 Å². The van der Waals surface area contributed by atoms with E-state index >= 15 is 0 Å². The van der Waals surface area contributed by atoms with Crippen molar-refractivity contribution in [3.8, 4) is 0 Å². The molecule has 0 aromatic rings. The molecular weight excluding hydrogens is 176 g/mol. The molecule has 2 rings (SSSR count). The molecule has 2 nitrogen and oxygen atoms in total. The molecule has 1 unspecified atom stereocenters. The minimum absolute atomic E-state index is 0.160. The fourth-order valence-electron chi connectivity index (χ4n) is 2.55. The Morgan fingerprint density at radius 3 is 2.36 bits per heavy atom. The van der Waals surface area contributed by atoms with Crippen LogP contribution in [-0.2, 0) is 9.47 Å². The molecule has 0 aromatic carbocycles. The van der Waals surface area contributed by atoms with Gasteiger partial charge in [-0.2, -0.15) is 0 Å². The minimum atomic E-state index is -0.160. The summed E-state index contributed by atoms with van der Waals surface area (Å²) in [5.41, 5.74) is 0. The molecule has 2 fully saturated rings. The molecular formula is C12H24O2. The van der Waals surface area contributed by atoms with Gasteiger partial charge in [-0.25, -0.2) is 0 Å². The molecule has 1 spiro atoms. The molecule has 2 heteroatoms. The SMILES string of the molecule is CC.CCC1CCCCC12OCCO2. The quantitative estimate of drug-likeness (QED) is 0.646. The van der Waals surface area contributed by atoms with E-state index in [9.17, 15) is 0 Å².